The molecule has 58 heavy (non-hydrogen) atoms. The van der Waals surface area contributed by atoms with Crippen LogP contribution in [-0.2, 0) is 0 Å². The fraction of sp³-hybridized carbons (Fsp3) is 0. The Labute approximate surface area is 348 Å². The van der Waals surface area contributed by atoms with E-state index in [0.717, 1.165) is 49.0 Å². The van der Waals surface area contributed by atoms with E-state index in [2.05, 4.69) is 0 Å². The SMILES string of the molecule is [2H]c1c([2H])c(N(c2ccccc2-c2cccc3oc4c5ccccc5ccc4c23)c2c([2H])c([2H])c(-c3cccc4ccccc34)c([2H])c2[2H])c([2H])c([2H])c1-c1ccc(-c2ccccc2)cc1. The number of anilines is 3. The van der Waals surface area contributed by atoms with Crippen molar-refractivity contribution in [1.82, 2.24) is 0 Å². The van der Waals surface area contributed by atoms with Gasteiger partial charge >= 0.3 is 0 Å². The predicted octanol–water partition coefficient (Wildman–Crippen LogP) is 16.0. The standard InChI is InChI=1S/C56H37NO/c1-2-12-38(13-3-1)39-24-26-40(27-25-39)41-28-33-45(34-29-41)57(46-35-30-44(31-36-46)48-20-10-16-42-14-4-6-17-47(42)48)53-22-9-8-19-50(53)51-21-11-23-54-55(51)52-37-32-43-15-5-7-18-49(43)56(52)58-54/h1-37H/i28D,29D,30D,31D,33D,34D,35D,36D. The molecule has 0 fully saturated rings. The molecule has 11 rings (SSSR count). The van der Waals surface area contributed by atoms with E-state index >= 15 is 0 Å². The number of hydrogen-bond acceptors (Lipinski definition) is 2. The quantitative estimate of drug-likeness (QED) is 0.161. The average Bonchev–Trinajstić information content (AvgIpc) is 3.75. The smallest absolute Gasteiger partial charge is 0.143 e. The van der Waals surface area contributed by atoms with E-state index in [9.17, 15) is 11.0 Å². The van der Waals surface area contributed by atoms with Crippen molar-refractivity contribution in [3.63, 3.8) is 0 Å². The Bertz CT molecular complexity index is 3690. The number of fused-ring (bicyclic) bond motifs is 6. The van der Waals surface area contributed by atoms with Crippen LogP contribution in [0.3, 0.4) is 0 Å². The first-order valence-electron chi connectivity index (χ1n) is 23.2. The molecule has 0 spiro atoms. The van der Waals surface area contributed by atoms with Crippen molar-refractivity contribution in [2.75, 3.05) is 4.90 Å². The lowest BCUT2D eigenvalue weighted by Crippen LogP contribution is -2.11. The highest BCUT2D eigenvalue weighted by molar-refractivity contribution is 6.19. The van der Waals surface area contributed by atoms with E-state index in [-0.39, 0.29) is 46.7 Å². The summed E-state index contributed by atoms with van der Waals surface area (Å²) in [6.07, 6.45) is 0. The van der Waals surface area contributed by atoms with Crippen LogP contribution in [0.15, 0.2) is 229 Å². The molecule has 0 saturated carbocycles. The summed E-state index contributed by atoms with van der Waals surface area (Å²) < 4.78 is 83.9. The van der Waals surface area contributed by atoms with Gasteiger partial charge in [-0.3, -0.25) is 0 Å². The van der Waals surface area contributed by atoms with E-state index < -0.39 is 24.2 Å². The van der Waals surface area contributed by atoms with E-state index in [4.69, 9.17) is 4.42 Å². The Kier molecular flexibility index (Phi) is 6.38. The molecule has 2 heteroatoms. The van der Waals surface area contributed by atoms with Crippen LogP contribution in [0.4, 0.5) is 17.1 Å². The monoisotopic (exact) mass is 747 g/mol. The van der Waals surface area contributed by atoms with Crippen LogP contribution in [0, 0.1) is 0 Å². The topological polar surface area (TPSA) is 16.4 Å². The van der Waals surface area contributed by atoms with Crippen molar-refractivity contribution >= 4 is 60.5 Å². The summed E-state index contributed by atoms with van der Waals surface area (Å²) in [6, 6.07) is 52.4. The highest BCUT2D eigenvalue weighted by Crippen LogP contribution is 2.46. The molecule has 0 aliphatic rings. The minimum atomic E-state index is -0.415. The first-order chi connectivity index (χ1) is 32.1. The van der Waals surface area contributed by atoms with Crippen LogP contribution in [0.25, 0.3) is 88.0 Å². The first kappa shape index (κ1) is 26.2. The second-order valence-corrected chi connectivity index (χ2v) is 14.2. The van der Waals surface area contributed by atoms with Crippen molar-refractivity contribution in [2.45, 2.75) is 0 Å². The first-order valence-corrected chi connectivity index (χ1v) is 19.2. The lowest BCUT2D eigenvalue weighted by molar-refractivity contribution is 0.673. The zero-order valence-corrected chi connectivity index (χ0v) is 31.1. The zero-order chi connectivity index (χ0) is 45.4. The lowest BCUT2D eigenvalue weighted by Gasteiger charge is -2.28. The van der Waals surface area contributed by atoms with Crippen LogP contribution in [0.5, 0.6) is 0 Å². The fourth-order valence-electron chi connectivity index (χ4n) is 8.05. The third kappa shape index (κ3) is 5.82. The van der Waals surface area contributed by atoms with E-state index in [0.29, 0.717) is 33.5 Å². The van der Waals surface area contributed by atoms with Crippen LogP contribution in [0.1, 0.15) is 11.0 Å². The van der Waals surface area contributed by atoms with Crippen molar-refractivity contribution in [3.05, 3.63) is 224 Å². The maximum absolute atomic E-state index is 9.78. The maximum Gasteiger partial charge on any atom is 0.143 e. The molecule has 0 saturated heterocycles. The Morgan fingerprint density at radius 2 is 0.879 bits per heavy atom. The van der Waals surface area contributed by atoms with Gasteiger partial charge in [0.1, 0.15) is 11.2 Å². The Morgan fingerprint density at radius 3 is 1.64 bits per heavy atom. The third-order valence-corrected chi connectivity index (χ3v) is 10.8. The molecule has 0 aliphatic carbocycles. The van der Waals surface area contributed by atoms with E-state index in [1.54, 1.807) is 30.3 Å². The lowest BCUT2D eigenvalue weighted by atomic mass is 9.95. The van der Waals surface area contributed by atoms with Gasteiger partial charge in [-0.05, 0) is 97.5 Å². The number of hydrogen-bond donors (Lipinski definition) is 0. The van der Waals surface area contributed by atoms with Crippen molar-refractivity contribution < 1.29 is 15.4 Å². The number of rotatable bonds is 7. The van der Waals surface area contributed by atoms with Crippen molar-refractivity contribution in [3.8, 4) is 44.5 Å². The second kappa shape index (κ2) is 14.1. The Morgan fingerprint density at radius 1 is 0.345 bits per heavy atom. The van der Waals surface area contributed by atoms with Crippen LogP contribution >= 0.6 is 0 Å². The molecular weight excluding hydrogens is 703 g/mol. The normalized spacial score (nSPS) is 13.4. The molecule has 11 aromatic rings. The molecule has 2 nitrogen and oxygen atoms in total. The molecular formula is C56H37NO. The largest absolute Gasteiger partial charge is 0.455 e. The summed E-state index contributed by atoms with van der Waals surface area (Å²) in [5, 5.41) is 5.25. The highest BCUT2D eigenvalue weighted by Gasteiger charge is 2.21. The fourth-order valence-corrected chi connectivity index (χ4v) is 8.05. The molecule has 10 aromatic carbocycles. The summed E-state index contributed by atoms with van der Waals surface area (Å²) in [5.41, 5.74) is 5.63. The molecule has 1 heterocycles. The van der Waals surface area contributed by atoms with Gasteiger partial charge in [0, 0.05) is 33.1 Å². The Hall–Kier alpha value is -7.68. The van der Waals surface area contributed by atoms with Gasteiger partial charge < -0.3 is 9.32 Å². The van der Waals surface area contributed by atoms with Gasteiger partial charge in [-0.15, -0.1) is 0 Å². The molecule has 272 valence electrons. The summed E-state index contributed by atoms with van der Waals surface area (Å²) in [7, 11) is 0. The Balaban J connectivity index is 1.19. The van der Waals surface area contributed by atoms with Crippen LogP contribution in [0.2, 0.25) is 0 Å². The molecule has 0 amide bonds. The minimum absolute atomic E-state index is 0.0920. The van der Waals surface area contributed by atoms with Gasteiger partial charge in [0.2, 0.25) is 0 Å². The molecule has 0 aliphatic heterocycles. The maximum atomic E-state index is 9.78. The number of nitrogens with zero attached hydrogens (tertiary/aromatic N) is 1. The van der Waals surface area contributed by atoms with E-state index in [1.807, 2.05) is 146 Å². The number of para-hydroxylation sites is 1. The number of benzene rings is 10. The summed E-state index contributed by atoms with van der Waals surface area (Å²) in [6.45, 7) is 0. The van der Waals surface area contributed by atoms with Crippen molar-refractivity contribution in [2.24, 2.45) is 0 Å². The predicted molar refractivity (Wildman–Crippen MR) is 245 cm³/mol. The summed E-state index contributed by atoms with van der Waals surface area (Å²) in [4.78, 5) is 1.39. The molecule has 0 radical (unpaired) electrons. The average molecular weight is 748 g/mol. The minimum Gasteiger partial charge on any atom is -0.455 e. The number of furan rings is 1. The van der Waals surface area contributed by atoms with Crippen LogP contribution < -0.4 is 4.90 Å². The van der Waals surface area contributed by atoms with Gasteiger partial charge in [-0.2, -0.15) is 0 Å². The zero-order valence-electron chi connectivity index (χ0n) is 39.1. The van der Waals surface area contributed by atoms with Gasteiger partial charge in [0.15, 0.2) is 0 Å². The van der Waals surface area contributed by atoms with Crippen molar-refractivity contribution in [1.29, 1.82) is 0 Å². The summed E-state index contributed by atoms with van der Waals surface area (Å²) >= 11 is 0. The van der Waals surface area contributed by atoms with E-state index in [1.165, 1.54) is 4.90 Å². The molecule has 0 atom stereocenters. The van der Waals surface area contributed by atoms with Gasteiger partial charge in [-0.1, -0.05) is 182 Å². The molecule has 0 bridgehead atoms. The summed E-state index contributed by atoms with van der Waals surface area (Å²) in [5.74, 6) is 0. The molecule has 1 aromatic heterocycles. The van der Waals surface area contributed by atoms with Gasteiger partial charge in [-0.25, -0.2) is 0 Å². The third-order valence-electron chi connectivity index (χ3n) is 10.8. The van der Waals surface area contributed by atoms with Gasteiger partial charge in [0.05, 0.1) is 16.7 Å². The molecule has 0 unspecified atom stereocenters. The second-order valence-electron chi connectivity index (χ2n) is 14.2. The highest BCUT2D eigenvalue weighted by atomic mass is 16.3. The molecule has 0 N–H and O–H groups in total. The van der Waals surface area contributed by atoms with Crippen LogP contribution in [-0.4, -0.2) is 0 Å². The van der Waals surface area contributed by atoms with Gasteiger partial charge in [0.25, 0.3) is 0 Å².